The van der Waals surface area contributed by atoms with Gasteiger partial charge in [-0.05, 0) is 36.4 Å². The number of benzene rings is 2. The van der Waals surface area contributed by atoms with Gasteiger partial charge in [0.15, 0.2) is 23.2 Å². The van der Waals surface area contributed by atoms with Crippen molar-refractivity contribution in [3.8, 4) is 11.4 Å². The van der Waals surface area contributed by atoms with Crippen LogP contribution >= 0.6 is 0 Å². The highest BCUT2D eigenvalue weighted by molar-refractivity contribution is 5.98. The molecule has 0 radical (unpaired) electrons. The van der Waals surface area contributed by atoms with Gasteiger partial charge >= 0.3 is 0 Å². The second-order valence-electron chi connectivity index (χ2n) is 7.71. The Bertz CT molecular complexity index is 1120. The van der Waals surface area contributed by atoms with Crippen LogP contribution in [0, 0.1) is 11.6 Å². The first-order chi connectivity index (χ1) is 16.0. The van der Waals surface area contributed by atoms with E-state index in [9.17, 15) is 18.4 Å². The van der Waals surface area contributed by atoms with Crippen molar-refractivity contribution in [1.82, 2.24) is 9.47 Å². The Hall–Kier alpha value is -3.52. The number of hydrogen-bond donors (Lipinski definition) is 0. The maximum absolute atomic E-state index is 14.3. The Morgan fingerprint density at radius 1 is 1.09 bits per heavy atom. The maximum atomic E-state index is 14.3. The fourth-order valence-corrected chi connectivity index (χ4v) is 3.79. The number of ether oxygens (including phenoxy) is 2. The summed E-state index contributed by atoms with van der Waals surface area (Å²) in [5.41, 5.74) is 1.27. The fraction of sp³-hybridized carbons (Fsp3) is 0.280. The normalized spacial score (nSPS) is 16.0. The van der Waals surface area contributed by atoms with E-state index in [-0.39, 0.29) is 43.4 Å². The third-order valence-electron chi connectivity index (χ3n) is 5.50. The molecule has 4 rings (SSSR count). The van der Waals surface area contributed by atoms with Gasteiger partial charge in [-0.25, -0.2) is 8.78 Å². The van der Waals surface area contributed by atoms with E-state index in [0.717, 1.165) is 17.8 Å². The molecular weight excluding hydrogens is 430 g/mol. The molecule has 8 heteroatoms. The minimum Gasteiger partial charge on any atom is -0.485 e. The number of nitrogens with zero attached hydrogens (tertiary/aromatic N) is 2. The number of halogens is 2. The molecule has 1 amide bonds. The van der Waals surface area contributed by atoms with E-state index in [1.54, 1.807) is 24.0 Å². The minimum atomic E-state index is -0.948. The van der Waals surface area contributed by atoms with Crippen molar-refractivity contribution >= 4 is 11.7 Å². The summed E-state index contributed by atoms with van der Waals surface area (Å²) < 4.78 is 41.6. The third-order valence-corrected chi connectivity index (χ3v) is 5.50. The molecule has 0 saturated carbocycles. The Labute approximate surface area is 190 Å². The predicted octanol–water partition coefficient (Wildman–Crippen LogP) is 4.27. The lowest BCUT2D eigenvalue weighted by atomic mass is 10.1. The fourth-order valence-electron chi connectivity index (χ4n) is 3.79. The number of carbonyl (C=O) groups is 2. The Morgan fingerprint density at radius 3 is 2.48 bits per heavy atom. The molecule has 1 aliphatic heterocycles. The van der Waals surface area contributed by atoms with Crippen LogP contribution in [0.1, 0.15) is 34.1 Å². The molecule has 0 N–H and O–H groups in total. The summed E-state index contributed by atoms with van der Waals surface area (Å²) in [6.07, 6.45) is 3.32. The molecule has 1 saturated heterocycles. The van der Waals surface area contributed by atoms with Crippen molar-refractivity contribution in [3.63, 3.8) is 0 Å². The van der Waals surface area contributed by atoms with E-state index in [4.69, 9.17) is 9.47 Å². The van der Waals surface area contributed by atoms with Crippen molar-refractivity contribution in [2.75, 3.05) is 26.3 Å². The van der Waals surface area contributed by atoms with Crippen LogP contribution in [0.4, 0.5) is 8.78 Å². The lowest BCUT2D eigenvalue weighted by Crippen LogP contribution is -2.47. The van der Waals surface area contributed by atoms with Gasteiger partial charge in [0, 0.05) is 30.9 Å². The van der Waals surface area contributed by atoms with Crippen molar-refractivity contribution in [2.45, 2.75) is 19.4 Å². The highest BCUT2D eigenvalue weighted by Crippen LogP contribution is 2.25. The van der Waals surface area contributed by atoms with Crippen molar-refractivity contribution in [1.29, 1.82) is 0 Å². The zero-order valence-electron chi connectivity index (χ0n) is 18.2. The second kappa shape index (κ2) is 9.95. The van der Waals surface area contributed by atoms with Crippen LogP contribution in [-0.2, 0) is 4.74 Å². The summed E-state index contributed by atoms with van der Waals surface area (Å²) in [5, 5.41) is 0. The van der Waals surface area contributed by atoms with E-state index in [1.165, 1.54) is 0 Å². The summed E-state index contributed by atoms with van der Waals surface area (Å²) in [5.74, 6) is -2.98. The molecule has 1 aromatic heterocycles. The van der Waals surface area contributed by atoms with Gasteiger partial charge in [0.1, 0.15) is 12.7 Å². The number of hydrogen-bond acceptors (Lipinski definition) is 4. The molecule has 6 nitrogen and oxygen atoms in total. The molecule has 2 aromatic carbocycles. The molecule has 3 aromatic rings. The molecule has 1 atom stereocenters. The van der Waals surface area contributed by atoms with Gasteiger partial charge in [0.2, 0.25) is 0 Å². The number of Topliss-reactive ketones (excluding diaryl/α,β-unsaturated/α-hetero) is 1. The number of amides is 1. The summed E-state index contributed by atoms with van der Waals surface area (Å²) in [6.45, 7) is 2.37. The van der Waals surface area contributed by atoms with Crippen molar-refractivity contribution in [2.24, 2.45) is 0 Å². The molecule has 172 valence electrons. The first-order valence-electron chi connectivity index (χ1n) is 10.8. The molecule has 2 heterocycles. The number of carbonyl (C=O) groups excluding carboxylic acids is 2. The lowest BCUT2D eigenvalue weighted by Gasteiger charge is -2.33. The highest BCUT2D eigenvalue weighted by Gasteiger charge is 2.28. The van der Waals surface area contributed by atoms with Crippen molar-refractivity contribution < 1.29 is 27.8 Å². The Kier molecular flexibility index (Phi) is 6.84. The lowest BCUT2D eigenvalue weighted by molar-refractivity contribution is -0.0410. The largest absolute Gasteiger partial charge is 0.485 e. The Balaban J connectivity index is 1.44. The van der Waals surface area contributed by atoms with Gasteiger partial charge in [0.05, 0.1) is 24.4 Å². The average molecular weight is 454 g/mol. The molecule has 1 fully saturated rings. The quantitative estimate of drug-likeness (QED) is 0.501. The highest BCUT2D eigenvalue weighted by atomic mass is 19.1. The molecular formula is C25H24F2N2O4. The standard InChI is InChI=1S/C25H24F2N2O4/c1-2-23(30)17-13-20(26)24(21(27)14-17)33-16-18-15-29(11-12-32-18)25(31)19-7-3-4-8-22(19)28-9-5-6-10-28/h3-10,13-14,18H,2,11-12,15-16H2,1H3. The van der Waals surface area contributed by atoms with Crippen LogP contribution < -0.4 is 4.74 Å². The van der Waals surface area contributed by atoms with E-state index in [0.29, 0.717) is 12.1 Å². The van der Waals surface area contributed by atoms with Crippen LogP contribution in [0.3, 0.4) is 0 Å². The molecule has 1 aliphatic rings. The average Bonchev–Trinajstić information content (AvgIpc) is 3.37. The van der Waals surface area contributed by atoms with Crippen molar-refractivity contribution in [3.05, 3.63) is 83.7 Å². The van der Waals surface area contributed by atoms with Crippen LogP contribution in [0.2, 0.25) is 0 Å². The van der Waals surface area contributed by atoms with Gasteiger partial charge in [-0.2, -0.15) is 0 Å². The van der Waals surface area contributed by atoms with E-state index in [2.05, 4.69) is 0 Å². The minimum absolute atomic E-state index is 0.0353. The van der Waals surface area contributed by atoms with E-state index >= 15 is 0 Å². The molecule has 0 spiro atoms. The van der Waals surface area contributed by atoms with Crippen LogP contribution in [-0.4, -0.2) is 53.6 Å². The molecule has 0 aliphatic carbocycles. The van der Waals surface area contributed by atoms with Gasteiger partial charge < -0.3 is 18.9 Å². The number of ketones is 1. The molecule has 0 bridgehead atoms. The summed E-state index contributed by atoms with van der Waals surface area (Å²) in [6, 6.07) is 13.0. The molecule has 1 unspecified atom stereocenters. The molecule has 33 heavy (non-hydrogen) atoms. The zero-order chi connectivity index (χ0) is 23.4. The van der Waals surface area contributed by atoms with E-state index in [1.807, 2.05) is 41.2 Å². The summed E-state index contributed by atoms with van der Waals surface area (Å²) >= 11 is 0. The second-order valence-corrected chi connectivity index (χ2v) is 7.71. The number of rotatable bonds is 7. The number of aromatic nitrogens is 1. The monoisotopic (exact) mass is 454 g/mol. The van der Waals surface area contributed by atoms with Gasteiger partial charge in [-0.15, -0.1) is 0 Å². The first kappa shape index (κ1) is 22.7. The zero-order valence-corrected chi connectivity index (χ0v) is 18.2. The third kappa shape index (κ3) is 4.96. The van der Waals surface area contributed by atoms with Crippen LogP contribution in [0.15, 0.2) is 60.9 Å². The predicted molar refractivity (Wildman–Crippen MR) is 118 cm³/mol. The van der Waals surface area contributed by atoms with E-state index < -0.39 is 23.5 Å². The van der Waals surface area contributed by atoms with Gasteiger partial charge in [0.25, 0.3) is 5.91 Å². The Morgan fingerprint density at radius 2 is 1.79 bits per heavy atom. The summed E-state index contributed by atoms with van der Waals surface area (Å²) in [4.78, 5) is 26.6. The van der Waals surface area contributed by atoms with Crippen LogP contribution in [0.25, 0.3) is 5.69 Å². The SMILES string of the molecule is CCC(=O)c1cc(F)c(OCC2CN(C(=O)c3ccccc3-n3cccc3)CCO2)c(F)c1. The van der Waals surface area contributed by atoms with Gasteiger partial charge in [-0.1, -0.05) is 19.1 Å². The number of para-hydroxylation sites is 1. The topological polar surface area (TPSA) is 60.8 Å². The first-order valence-corrected chi connectivity index (χ1v) is 10.8. The summed E-state index contributed by atoms with van der Waals surface area (Å²) in [7, 11) is 0. The van der Waals surface area contributed by atoms with Crippen LogP contribution in [0.5, 0.6) is 5.75 Å². The maximum Gasteiger partial charge on any atom is 0.256 e. The van der Waals surface area contributed by atoms with Gasteiger partial charge in [-0.3, -0.25) is 9.59 Å². The number of morpholine rings is 1. The smallest absolute Gasteiger partial charge is 0.256 e.